The Bertz CT molecular complexity index is 664. The largest absolute Gasteiger partial charge is 0.481 e. The summed E-state index contributed by atoms with van der Waals surface area (Å²) in [5.41, 5.74) is 0.533. The molecule has 0 bridgehead atoms. The second-order valence-electron chi connectivity index (χ2n) is 3.93. The van der Waals surface area contributed by atoms with E-state index in [1.165, 1.54) is 19.2 Å². The average molecular weight is 340 g/mol. The molecule has 7 heteroatoms. The molecule has 0 saturated heterocycles. The minimum atomic E-state index is -0.635. The van der Waals surface area contributed by atoms with Crippen molar-refractivity contribution in [1.29, 1.82) is 0 Å². The van der Waals surface area contributed by atoms with Crippen molar-refractivity contribution in [3.8, 4) is 5.88 Å². The number of methoxy groups -OCH3 is 1. The SMILES string of the molecule is COc1cc(C)nc(NC(=O)c2cccc(Br)c2F)n1. The van der Waals surface area contributed by atoms with Crippen molar-refractivity contribution in [1.82, 2.24) is 9.97 Å². The van der Waals surface area contributed by atoms with Crippen LogP contribution in [-0.2, 0) is 0 Å². The molecule has 0 spiro atoms. The molecule has 1 aromatic heterocycles. The molecule has 20 heavy (non-hydrogen) atoms. The second-order valence-corrected chi connectivity index (χ2v) is 4.79. The van der Waals surface area contributed by atoms with Crippen molar-refractivity contribution in [2.75, 3.05) is 12.4 Å². The Balaban J connectivity index is 2.28. The van der Waals surface area contributed by atoms with E-state index in [1.54, 1.807) is 19.1 Å². The minimum Gasteiger partial charge on any atom is -0.481 e. The van der Waals surface area contributed by atoms with Gasteiger partial charge in [-0.3, -0.25) is 10.1 Å². The fourth-order valence-corrected chi connectivity index (χ4v) is 1.91. The Labute approximate surface area is 123 Å². The Hall–Kier alpha value is -2.02. The fraction of sp³-hybridized carbons (Fsp3) is 0.154. The summed E-state index contributed by atoms with van der Waals surface area (Å²) in [6.07, 6.45) is 0. The first kappa shape index (κ1) is 14.4. The third kappa shape index (κ3) is 3.11. The third-order valence-corrected chi connectivity index (χ3v) is 3.07. The summed E-state index contributed by atoms with van der Waals surface area (Å²) in [6.45, 7) is 1.74. The monoisotopic (exact) mass is 339 g/mol. The number of nitrogens with zero attached hydrogens (tertiary/aromatic N) is 2. The first-order chi connectivity index (χ1) is 9.51. The standard InChI is InChI=1S/C13H11BrFN3O2/c1-7-6-10(20-2)17-13(16-7)18-12(19)8-4-3-5-9(14)11(8)15/h3-6H,1-2H3,(H,16,17,18,19). The van der Waals surface area contributed by atoms with Gasteiger partial charge in [-0.1, -0.05) is 6.07 Å². The van der Waals surface area contributed by atoms with Gasteiger partial charge in [-0.2, -0.15) is 4.98 Å². The molecule has 0 fully saturated rings. The normalized spacial score (nSPS) is 10.2. The highest BCUT2D eigenvalue weighted by atomic mass is 79.9. The zero-order valence-corrected chi connectivity index (χ0v) is 12.4. The van der Waals surface area contributed by atoms with E-state index in [0.29, 0.717) is 11.6 Å². The van der Waals surface area contributed by atoms with Gasteiger partial charge in [-0.05, 0) is 35.0 Å². The number of aromatic nitrogens is 2. The van der Waals surface area contributed by atoms with Crippen LogP contribution in [0, 0.1) is 12.7 Å². The molecule has 5 nitrogen and oxygen atoms in total. The number of rotatable bonds is 3. The van der Waals surface area contributed by atoms with E-state index in [0.717, 1.165) is 0 Å². The summed E-state index contributed by atoms with van der Waals surface area (Å²) in [4.78, 5) is 20.0. The molecule has 0 unspecified atom stereocenters. The summed E-state index contributed by atoms with van der Waals surface area (Å²) in [5, 5.41) is 2.44. The van der Waals surface area contributed by atoms with Crippen molar-refractivity contribution in [3.05, 3.63) is 45.8 Å². The van der Waals surface area contributed by atoms with E-state index in [-0.39, 0.29) is 16.0 Å². The van der Waals surface area contributed by atoms with Gasteiger partial charge in [0.1, 0.15) is 5.82 Å². The maximum Gasteiger partial charge on any atom is 0.261 e. The van der Waals surface area contributed by atoms with Gasteiger partial charge in [0.25, 0.3) is 5.91 Å². The van der Waals surface area contributed by atoms with Gasteiger partial charge in [-0.15, -0.1) is 0 Å². The van der Waals surface area contributed by atoms with Gasteiger partial charge >= 0.3 is 0 Å². The van der Waals surface area contributed by atoms with Crippen molar-refractivity contribution in [2.45, 2.75) is 6.92 Å². The van der Waals surface area contributed by atoms with Gasteiger partial charge in [0.15, 0.2) is 0 Å². The zero-order valence-electron chi connectivity index (χ0n) is 10.8. The molecule has 104 valence electrons. The number of amides is 1. The highest BCUT2D eigenvalue weighted by Gasteiger charge is 2.15. The number of ether oxygens (including phenoxy) is 1. The number of nitrogens with one attached hydrogen (secondary N) is 1. The van der Waals surface area contributed by atoms with Gasteiger partial charge in [-0.25, -0.2) is 9.37 Å². The number of hydrogen-bond acceptors (Lipinski definition) is 4. The van der Waals surface area contributed by atoms with E-state index in [9.17, 15) is 9.18 Å². The van der Waals surface area contributed by atoms with Crippen LogP contribution in [0.25, 0.3) is 0 Å². The molecule has 2 aromatic rings. The summed E-state index contributed by atoms with van der Waals surface area (Å²) >= 11 is 3.03. The topological polar surface area (TPSA) is 64.1 Å². The van der Waals surface area contributed by atoms with E-state index < -0.39 is 11.7 Å². The van der Waals surface area contributed by atoms with E-state index in [2.05, 4.69) is 31.2 Å². The van der Waals surface area contributed by atoms with Gasteiger partial charge in [0, 0.05) is 11.8 Å². The van der Waals surface area contributed by atoms with Crippen LogP contribution in [-0.4, -0.2) is 23.0 Å². The summed E-state index contributed by atoms with van der Waals surface area (Å²) < 4.78 is 19.0. The molecule has 0 aliphatic rings. The minimum absolute atomic E-state index is 0.0613. The number of halogens is 2. The zero-order chi connectivity index (χ0) is 14.7. The Morgan fingerprint density at radius 3 is 2.85 bits per heavy atom. The highest BCUT2D eigenvalue weighted by molar-refractivity contribution is 9.10. The Morgan fingerprint density at radius 1 is 1.40 bits per heavy atom. The molecular weight excluding hydrogens is 329 g/mol. The van der Waals surface area contributed by atoms with Crippen LogP contribution >= 0.6 is 15.9 Å². The van der Waals surface area contributed by atoms with Crippen LogP contribution in [0.2, 0.25) is 0 Å². The molecule has 0 saturated carbocycles. The number of anilines is 1. The maximum atomic E-state index is 13.8. The lowest BCUT2D eigenvalue weighted by Gasteiger charge is -2.07. The highest BCUT2D eigenvalue weighted by Crippen LogP contribution is 2.19. The van der Waals surface area contributed by atoms with Crippen LogP contribution in [0.1, 0.15) is 16.1 Å². The summed E-state index contributed by atoms with van der Waals surface area (Å²) in [7, 11) is 1.46. The second kappa shape index (κ2) is 5.96. The third-order valence-electron chi connectivity index (χ3n) is 2.46. The number of hydrogen-bond donors (Lipinski definition) is 1. The molecule has 0 radical (unpaired) electrons. The van der Waals surface area contributed by atoms with Crippen LogP contribution < -0.4 is 10.1 Å². The number of benzene rings is 1. The molecule has 0 atom stereocenters. The molecule has 1 aromatic carbocycles. The average Bonchev–Trinajstić information content (AvgIpc) is 2.41. The summed E-state index contributed by atoms with van der Waals surface area (Å²) in [5.74, 6) is -0.880. The lowest BCUT2D eigenvalue weighted by molar-refractivity contribution is 0.102. The molecule has 0 aliphatic heterocycles. The van der Waals surface area contributed by atoms with Crippen LogP contribution in [0.5, 0.6) is 5.88 Å². The lowest BCUT2D eigenvalue weighted by atomic mass is 10.2. The number of carbonyl (C=O) groups excluding carboxylic acids is 1. The maximum absolute atomic E-state index is 13.8. The van der Waals surface area contributed by atoms with Gasteiger partial charge in [0.05, 0.1) is 17.1 Å². The smallest absolute Gasteiger partial charge is 0.261 e. The van der Waals surface area contributed by atoms with Crippen LogP contribution in [0.3, 0.4) is 0 Å². The molecule has 1 N–H and O–H groups in total. The number of carbonyl (C=O) groups is 1. The molecular formula is C13H11BrFN3O2. The van der Waals surface area contributed by atoms with E-state index in [1.807, 2.05) is 0 Å². The quantitative estimate of drug-likeness (QED) is 0.933. The van der Waals surface area contributed by atoms with Gasteiger partial charge < -0.3 is 4.74 Å². The van der Waals surface area contributed by atoms with Crippen LogP contribution in [0.15, 0.2) is 28.7 Å². The first-order valence-electron chi connectivity index (χ1n) is 5.66. The molecule has 0 aliphatic carbocycles. The van der Waals surface area contributed by atoms with Crippen molar-refractivity contribution < 1.29 is 13.9 Å². The van der Waals surface area contributed by atoms with Gasteiger partial charge in [0.2, 0.25) is 11.8 Å². The Morgan fingerprint density at radius 2 is 2.15 bits per heavy atom. The van der Waals surface area contributed by atoms with Crippen molar-refractivity contribution in [2.24, 2.45) is 0 Å². The fourth-order valence-electron chi connectivity index (χ4n) is 1.55. The molecule has 1 heterocycles. The molecule has 1 amide bonds. The van der Waals surface area contributed by atoms with Crippen LogP contribution in [0.4, 0.5) is 10.3 Å². The summed E-state index contributed by atoms with van der Waals surface area (Å²) in [6, 6.07) is 6.08. The van der Waals surface area contributed by atoms with Crippen molar-refractivity contribution >= 4 is 27.8 Å². The Kier molecular flexibility index (Phi) is 4.29. The predicted octanol–water partition coefficient (Wildman–Crippen LogP) is 2.95. The lowest BCUT2D eigenvalue weighted by Crippen LogP contribution is -2.16. The number of aryl methyl sites for hydroxylation is 1. The van der Waals surface area contributed by atoms with Crippen molar-refractivity contribution in [3.63, 3.8) is 0 Å². The predicted molar refractivity (Wildman–Crippen MR) is 75.4 cm³/mol. The van der Waals surface area contributed by atoms with E-state index >= 15 is 0 Å². The van der Waals surface area contributed by atoms with E-state index in [4.69, 9.17) is 4.74 Å². The molecule has 2 rings (SSSR count). The first-order valence-corrected chi connectivity index (χ1v) is 6.45.